The Labute approximate surface area is 90.1 Å². The third-order valence-electron chi connectivity index (χ3n) is 3.75. The van der Waals surface area contributed by atoms with Crippen LogP contribution < -0.4 is 5.73 Å². The Morgan fingerprint density at radius 1 is 1.60 bits per heavy atom. The van der Waals surface area contributed by atoms with Crippen LogP contribution in [0.25, 0.3) is 0 Å². The number of aliphatic hydroxyl groups is 1. The average Bonchev–Trinajstić information content (AvgIpc) is 2.54. The number of aromatic nitrogens is 2. The minimum Gasteiger partial charge on any atom is -0.383 e. The maximum Gasteiger partial charge on any atom is 0.110 e. The maximum absolute atomic E-state index is 10.7. The molecule has 0 aliphatic heterocycles. The summed E-state index contributed by atoms with van der Waals surface area (Å²) in [5.41, 5.74) is 6.53. The Balaban J connectivity index is 2.58. The molecule has 1 aromatic heterocycles. The third kappa shape index (κ3) is 1.32. The highest BCUT2D eigenvalue weighted by Gasteiger charge is 2.48. The number of hydrogen-bond acceptors (Lipinski definition) is 3. The molecule has 4 heteroatoms. The summed E-state index contributed by atoms with van der Waals surface area (Å²) in [4.78, 5) is 0. The molecule has 1 aliphatic rings. The van der Waals surface area contributed by atoms with Gasteiger partial charge in [-0.2, -0.15) is 5.10 Å². The van der Waals surface area contributed by atoms with E-state index in [4.69, 9.17) is 5.73 Å². The lowest BCUT2D eigenvalue weighted by atomic mass is 9.64. The second-order valence-electron chi connectivity index (χ2n) is 5.11. The highest BCUT2D eigenvalue weighted by atomic mass is 16.3. The van der Waals surface area contributed by atoms with Crippen LogP contribution in [0.3, 0.4) is 0 Å². The van der Waals surface area contributed by atoms with Gasteiger partial charge in [0.15, 0.2) is 0 Å². The first-order chi connectivity index (χ1) is 6.90. The van der Waals surface area contributed by atoms with Gasteiger partial charge in [0.1, 0.15) is 5.60 Å². The lowest BCUT2D eigenvalue weighted by Crippen LogP contribution is -2.50. The van der Waals surface area contributed by atoms with Crippen LogP contribution in [0.1, 0.15) is 31.5 Å². The zero-order chi connectivity index (χ0) is 11.3. The van der Waals surface area contributed by atoms with Gasteiger partial charge >= 0.3 is 0 Å². The van der Waals surface area contributed by atoms with Crippen molar-refractivity contribution >= 4 is 0 Å². The van der Waals surface area contributed by atoms with Gasteiger partial charge < -0.3 is 10.8 Å². The first-order valence-electron chi connectivity index (χ1n) is 5.36. The summed E-state index contributed by atoms with van der Waals surface area (Å²) in [6.07, 6.45) is 3.74. The van der Waals surface area contributed by atoms with Crippen LogP contribution in [0.5, 0.6) is 0 Å². The van der Waals surface area contributed by atoms with Crippen molar-refractivity contribution in [3.63, 3.8) is 0 Å². The summed E-state index contributed by atoms with van der Waals surface area (Å²) in [6.45, 7) is 4.38. The molecule has 0 aromatic carbocycles. The van der Waals surface area contributed by atoms with E-state index in [1.165, 1.54) is 0 Å². The first kappa shape index (κ1) is 10.6. The molecule has 84 valence electrons. The summed E-state index contributed by atoms with van der Waals surface area (Å²) in [5.74, 6) is 0. The normalized spacial score (nSPS) is 28.9. The largest absolute Gasteiger partial charge is 0.383 e. The molecule has 0 fully saturated rings. The highest BCUT2D eigenvalue weighted by Crippen LogP contribution is 2.47. The SMILES string of the molecule is Cn1cc2c(n1)CCC(C)(C)C2(O)CN. The predicted molar refractivity (Wildman–Crippen MR) is 58.3 cm³/mol. The molecule has 4 nitrogen and oxygen atoms in total. The van der Waals surface area contributed by atoms with E-state index in [0.29, 0.717) is 0 Å². The van der Waals surface area contributed by atoms with E-state index in [9.17, 15) is 5.11 Å². The predicted octanol–water partition coefficient (Wildman–Crippen LogP) is 0.539. The molecule has 1 unspecified atom stereocenters. The van der Waals surface area contributed by atoms with Crippen LogP contribution >= 0.6 is 0 Å². The van der Waals surface area contributed by atoms with Crippen LogP contribution in [-0.4, -0.2) is 21.4 Å². The van der Waals surface area contributed by atoms with Gasteiger partial charge in [0.05, 0.1) is 5.69 Å². The van der Waals surface area contributed by atoms with Gasteiger partial charge in [0.25, 0.3) is 0 Å². The van der Waals surface area contributed by atoms with Crippen molar-refractivity contribution in [3.8, 4) is 0 Å². The van der Waals surface area contributed by atoms with Gasteiger partial charge in [-0.25, -0.2) is 0 Å². The Morgan fingerprint density at radius 2 is 2.27 bits per heavy atom. The number of aryl methyl sites for hydroxylation is 2. The Kier molecular flexibility index (Phi) is 2.17. The van der Waals surface area contributed by atoms with Gasteiger partial charge in [0.2, 0.25) is 0 Å². The minimum atomic E-state index is -0.936. The van der Waals surface area contributed by atoms with E-state index in [1.807, 2.05) is 13.2 Å². The number of rotatable bonds is 1. The van der Waals surface area contributed by atoms with Crippen molar-refractivity contribution < 1.29 is 5.11 Å². The lowest BCUT2D eigenvalue weighted by Gasteiger charge is -2.45. The molecule has 1 heterocycles. The quantitative estimate of drug-likeness (QED) is 0.709. The maximum atomic E-state index is 10.7. The molecule has 0 saturated heterocycles. The smallest absolute Gasteiger partial charge is 0.110 e. The van der Waals surface area contributed by atoms with Crippen molar-refractivity contribution in [3.05, 3.63) is 17.5 Å². The number of fused-ring (bicyclic) bond motifs is 1. The molecule has 2 rings (SSSR count). The summed E-state index contributed by atoms with van der Waals surface area (Å²) in [5, 5.41) is 15.1. The van der Waals surface area contributed by atoms with Crippen LogP contribution in [0.15, 0.2) is 6.20 Å². The number of nitrogens with zero attached hydrogens (tertiary/aromatic N) is 2. The van der Waals surface area contributed by atoms with Gasteiger partial charge in [-0.05, 0) is 18.3 Å². The molecule has 0 saturated carbocycles. The fraction of sp³-hybridized carbons (Fsp3) is 0.727. The van der Waals surface area contributed by atoms with Crippen molar-refractivity contribution in [2.75, 3.05) is 6.54 Å². The second kappa shape index (κ2) is 3.06. The van der Waals surface area contributed by atoms with E-state index in [1.54, 1.807) is 4.68 Å². The molecule has 3 N–H and O–H groups in total. The Hall–Kier alpha value is -0.870. The van der Waals surface area contributed by atoms with Crippen LogP contribution in [0.2, 0.25) is 0 Å². The fourth-order valence-electron chi connectivity index (χ4n) is 2.45. The van der Waals surface area contributed by atoms with Crippen LogP contribution in [0.4, 0.5) is 0 Å². The number of hydrogen-bond donors (Lipinski definition) is 2. The molecule has 1 aromatic rings. The summed E-state index contributed by atoms with van der Waals surface area (Å²) in [7, 11) is 1.88. The van der Waals surface area contributed by atoms with Crippen LogP contribution in [0, 0.1) is 5.41 Å². The highest BCUT2D eigenvalue weighted by molar-refractivity contribution is 5.31. The van der Waals surface area contributed by atoms with Gasteiger partial charge in [-0.15, -0.1) is 0 Å². The molecule has 1 aliphatic carbocycles. The van der Waals surface area contributed by atoms with Crippen molar-refractivity contribution in [1.29, 1.82) is 0 Å². The Morgan fingerprint density at radius 3 is 2.87 bits per heavy atom. The van der Waals surface area contributed by atoms with Gasteiger partial charge in [-0.1, -0.05) is 13.8 Å². The van der Waals surface area contributed by atoms with Crippen molar-refractivity contribution in [2.45, 2.75) is 32.3 Å². The van der Waals surface area contributed by atoms with E-state index in [2.05, 4.69) is 18.9 Å². The van der Waals surface area contributed by atoms with E-state index < -0.39 is 5.60 Å². The molecule has 0 spiro atoms. The number of nitrogens with two attached hydrogens (primary N) is 1. The second-order valence-corrected chi connectivity index (χ2v) is 5.11. The summed E-state index contributed by atoms with van der Waals surface area (Å²) < 4.78 is 1.76. The van der Waals surface area contributed by atoms with Gasteiger partial charge in [-0.3, -0.25) is 4.68 Å². The summed E-state index contributed by atoms with van der Waals surface area (Å²) in [6, 6.07) is 0. The van der Waals surface area contributed by atoms with E-state index >= 15 is 0 Å². The third-order valence-corrected chi connectivity index (χ3v) is 3.75. The average molecular weight is 209 g/mol. The molecule has 0 radical (unpaired) electrons. The van der Waals surface area contributed by atoms with Crippen molar-refractivity contribution in [1.82, 2.24) is 9.78 Å². The fourth-order valence-corrected chi connectivity index (χ4v) is 2.45. The van der Waals surface area contributed by atoms with Crippen molar-refractivity contribution in [2.24, 2.45) is 18.2 Å². The molecule has 15 heavy (non-hydrogen) atoms. The molecule has 0 amide bonds. The van der Waals surface area contributed by atoms with Gasteiger partial charge in [0, 0.05) is 25.4 Å². The minimum absolute atomic E-state index is 0.183. The topological polar surface area (TPSA) is 64.1 Å². The zero-order valence-corrected chi connectivity index (χ0v) is 9.62. The lowest BCUT2D eigenvalue weighted by molar-refractivity contribution is -0.0776. The Bertz CT molecular complexity index is 383. The molecular weight excluding hydrogens is 190 g/mol. The molecule has 0 bridgehead atoms. The van der Waals surface area contributed by atoms with Crippen LogP contribution in [-0.2, 0) is 19.1 Å². The molecule has 1 atom stereocenters. The van der Waals surface area contributed by atoms with E-state index in [0.717, 1.165) is 24.1 Å². The summed E-state index contributed by atoms with van der Waals surface area (Å²) >= 11 is 0. The molecular formula is C11H19N3O. The standard InChI is InChI=1S/C11H19N3O/c1-10(2)5-4-9-8(6-14(3)13-9)11(10,15)7-12/h6,15H,4-5,7,12H2,1-3H3. The first-order valence-corrected chi connectivity index (χ1v) is 5.36. The monoisotopic (exact) mass is 209 g/mol. The van der Waals surface area contributed by atoms with E-state index in [-0.39, 0.29) is 12.0 Å². The zero-order valence-electron chi connectivity index (χ0n) is 9.62.